The number of para-hydroxylation sites is 1. The van der Waals surface area contributed by atoms with Crippen molar-refractivity contribution >= 4 is 11.0 Å². The molecule has 5 heteroatoms. The predicted octanol–water partition coefficient (Wildman–Crippen LogP) is 3.66. The highest BCUT2D eigenvalue weighted by atomic mass is 19.1. The van der Waals surface area contributed by atoms with Crippen molar-refractivity contribution in [3.05, 3.63) is 42.2 Å². The Morgan fingerprint density at radius 2 is 2.00 bits per heavy atom. The highest BCUT2D eigenvalue weighted by molar-refractivity contribution is 5.82. The van der Waals surface area contributed by atoms with E-state index in [1.54, 1.807) is 18.2 Å². The van der Waals surface area contributed by atoms with Gasteiger partial charge in [0.1, 0.15) is 11.6 Å². The van der Waals surface area contributed by atoms with Crippen LogP contribution in [0.3, 0.4) is 0 Å². The third kappa shape index (κ3) is 2.20. The van der Waals surface area contributed by atoms with Crippen LogP contribution in [0.25, 0.3) is 22.4 Å². The molecule has 2 N–H and O–H groups in total. The molecule has 0 atom stereocenters. The molecule has 4 nitrogen and oxygen atoms in total. The van der Waals surface area contributed by atoms with Gasteiger partial charge < -0.3 is 14.8 Å². The molecule has 0 saturated heterocycles. The summed E-state index contributed by atoms with van der Waals surface area (Å²) in [5.74, 6) is -0.249. The van der Waals surface area contributed by atoms with Gasteiger partial charge >= 0.3 is 0 Å². The normalized spacial score (nSPS) is 11.1. The summed E-state index contributed by atoms with van der Waals surface area (Å²) in [7, 11) is 0. The molecule has 0 saturated carbocycles. The van der Waals surface area contributed by atoms with Crippen LogP contribution in [0, 0.1) is 5.82 Å². The third-order valence-electron chi connectivity index (χ3n) is 3.41. The summed E-state index contributed by atoms with van der Waals surface area (Å²) >= 11 is 0. The van der Waals surface area contributed by atoms with Gasteiger partial charge in [0.25, 0.3) is 0 Å². The van der Waals surface area contributed by atoms with E-state index < -0.39 is 0 Å². The van der Waals surface area contributed by atoms with Crippen LogP contribution in [0.2, 0.25) is 0 Å². The highest BCUT2D eigenvalue weighted by Gasteiger charge is 2.17. The Bertz CT molecular complexity index is 811. The summed E-state index contributed by atoms with van der Waals surface area (Å²) in [5.41, 5.74) is 1.76. The molecule has 2 aromatic carbocycles. The summed E-state index contributed by atoms with van der Waals surface area (Å²) in [4.78, 5) is 4.42. The van der Waals surface area contributed by atoms with Crippen molar-refractivity contribution in [1.82, 2.24) is 9.55 Å². The number of nitrogens with zero attached hydrogens (tertiary/aromatic N) is 2. The summed E-state index contributed by atoms with van der Waals surface area (Å²) in [6, 6.07) is 9.16. The lowest BCUT2D eigenvalue weighted by molar-refractivity contribution is 0.404. The number of halogens is 1. The number of benzene rings is 2. The fourth-order valence-corrected chi connectivity index (χ4v) is 2.47. The Hall–Kier alpha value is -2.56. The molecule has 1 heterocycles. The van der Waals surface area contributed by atoms with Gasteiger partial charge in [-0.3, -0.25) is 0 Å². The molecule has 0 aliphatic carbocycles. The number of aryl methyl sites for hydroxylation is 1. The lowest BCUT2D eigenvalue weighted by Gasteiger charge is -2.09. The molecule has 0 radical (unpaired) electrons. The molecule has 0 spiro atoms. The largest absolute Gasteiger partial charge is 0.504 e. The van der Waals surface area contributed by atoms with Gasteiger partial charge in [0, 0.05) is 12.6 Å². The van der Waals surface area contributed by atoms with E-state index in [9.17, 15) is 14.6 Å². The van der Waals surface area contributed by atoms with Gasteiger partial charge in [0.05, 0.1) is 16.6 Å². The number of fused-ring (bicyclic) bond motifs is 1. The average Bonchev–Trinajstić information content (AvgIpc) is 2.80. The first-order valence-electron chi connectivity index (χ1n) is 6.79. The smallest absolute Gasteiger partial charge is 0.168 e. The van der Waals surface area contributed by atoms with Crippen molar-refractivity contribution in [1.29, 1.82) is 0 Å². The first-order valence-corrected chi connectivity index (χ1v) is 6.79. The minimum absolute atomic E-state index is 0.200. The molecule has 21 heavy (non-hydrogen) atoms. The standard InChI is InChI=1S/C16H15FN2O2/c1-2-8-19-13-7-6-10(17)9-12(13)18-16(19)11-4-3-5-14(20)15(11)21/h3-7,9,20-21H,2,8H2,1H3. The third-order valence-corrected chi connectivity index (χ3v) is 3.41. The Morgan fingerprint density at radius 1 is 1.19 bits per heavy atom. The summed E-state index contributed by atoms with van der Waals surface area (Å²) in [5, 5.41) is 19.7. The minimum Gasteiger partial charge on any atom is -0.504 e. The number of hydrogen-bond acceptors (Lipinski definition) is 3. The van der Waals surface area contributed by atoms with Crippen LogP contribution in [0.1, 0.15) is 13.3 Å². The number of phenolic OH excluding ortho intramolecular Hbond substituents is 2. The van der Waals surface area contributed by atoms with Crippen LogP contribution >= 0.6 is 0 Å². The fourth-order valence-electron chi connectivity index (χ4n) is 2.47. The summed E-state index contributed by atoms with van der Waals surface area (Å²) < 4.78 is 15.3. The van der Waals surface area contributed by atoms with E-state index in [0.29, 0.717) is 23.4 Å². The van der Waals surface area contributed by atoms with Gasteiger partial charge in [-0.2, -0.15) is 0 Å². The maximum absolute atomic E-state index is 13.4. The van der Waals surface area contributed by atoms with Gasteiger partial charge in [0.2, 0.25) is 0 Å². The number of aromatic hydroxyl groups is 2. The molecule has 0 amide bonds. The minimum atomic E-state index is -0.352. The van der Waals surface area contributed by atoms with Crippen LogP contribution in [0.4, 0.5) is 4.39 Å². The molecule has 108 valence electrons. The van der Waals surface area contributed by atoms with Crippen molar-refractivity contribution < 1.29 is 14.6 Å². The van der Waals surface area contributed by atoms with E-state index in [4.69, 9.17) is 0 Å². The Labute approximate surface area is 121 Å². The highest BCUT2D eigenvalue weighted by Crippen LogP contribution is 2.37. The predicted molar refractivity (Wildman–Crippen MR) is 78.7 cm³/mol. The first kappa shape index (κ1) is 13.4. The zero-order valence-electron chi connectivity index (χ0n) is 11.5. The number of phenols is 2. The Morgan fingerprint density at radius 3 is 2.76 bits per heavy atom. The quantitative estimate of drug-likeness (QED) is 0.722. The van der Waals surface area contributed by atoms with Crippen molar-refractivity contribution in [3.8, 4) is 22.9 Å². The molecule has 0 fully saturated rings. The van der Waals surface area contributed by atoms with Crippen LogP contribution in [-0.2, 0) is 6.54 Å². The maximum Gasteiger partial charge on any atom is 0.168 e. The van der Waals surface area contributed by atoms with E-state index in [2.05, 4.69) is 4.98 Å². The molecular weight excluding hydrogens is 271 g/mol. The first-order chi connectivity index (χ1) is 10.1. The molecule has 0 bridgehead atoms. The molecule has 1 aromatic heterocycles. The molecule has 3 aromatic rings. The van der Waals surface area contributed by atoms with Crippen molar-refractivity contribution in [3.63, 3.8) is 0 Å². The molecule has 0 unspecified atom stereocenters. The van der Waals surface area contributed by atoms with Crippen molar-refractivity contribution in [2.24, 2.45) is 0 Å². The van der Waals surface area contributed by atoms with E-state index >= 15 is 0 Å². The molecule has 3 rings (SSSR count). The molecule has 0 aliphatic heterocycles. The van der Waals surface area contributed by atoms with Crippen LogP contribution in [0.5, 0.6) is 11.5 Å². The van der Waals surface area contributed by atoms with E-state index in [1.165, 1.54) is 18.2 Å². The average molecular weight is 286 g/mol. The van der Waals surface area contributed by atoms with E-state index in [-0.39, 0.29) is 17.3 Å². The van der Waals surface area contributed by atoms with Gasteiger partial charge in [-0.25, -0.2) is 9.37 Å². The Kier molecular flexibility index (Phi) is 3.25. The zero-order chi connectivity index (χ0) is 15.0. The molecular formula is C16H15FN2O2. The zero-order valence-corrected chi connectivity index (χ0v) is 11.5. The topological polar surface area (TPSA) is 58.3 Å². The summed E-state index contributed by atoms with van der Waals surface area (Å²) in [6.45, 7) is 2.72. The maximum atomic E-state index is 13.4. The number of hydrogen-bond donors (Lipinski definition) is 2. The summed E-state index contributed by atoms with van der Waals surface area (Å²) in [6.07, 6.45) is 0.870. The number of rotatable bonds is 3. The second-order valence-corrected chi connectivity index (χ2v) is 4.89. The number of aromatic nitrogens is 2. The Balaban J connectivity index is 2.30. The molecule has 0 aliphatic rings. The van der Waals surface area contributed by atoms with Gasteiger partial charge in [0.15, 0.2) is 11.5 Å². The van der Waals surface area contributed by atoms with Gasteiger partial charge in [-0.15, -0.1) is 0 Å². The van der Waals surface area contributed by atoms with E-state index in [1.807, 2.05) is 11.5 Å². The second kappa shape index (κ2) is 5.09. The lowest BCUT2D eigenvalue weighted by atomic mass is 10.1. The van der Waals surface area contributed by atoms with Crippen LogP contribution < -0.4 is 0 Å². The van der Waals surface area contributed by atoms with Crippen LogP contribution in [0.15, 0.2) is 36.4 Å². The van der Waals surface area contributed by atoms with Crippen molar-refractivity contribution in [2.45, 2.75) is 19.9 Å². The van der Waals surface area contributed by atoms with E-state index in [0.717, 1.165) is 11.9 Å². The fraction of sp³-hybridized carbons (Fsp3) is 0.188. The SMILES string of the molecule is CCCn1c(-c2cccc(O)c2O)nc2cc(F)ccc21. The van der Waals surface area contributed by atoms with Gasteiger partial charge in [-0.05, 0) is 30.7 Å². The van der Waals surface area contributed by atoms with Gasteiger partial charge in [-0.1, -0.05) is 13.0 Å². The van der Waals surface area contributed by atoms with Crippen molar-refractivity contribution in [2.75, 3.05) is 0 Å². The second-order valence-electron chi connectivity index (χ2n) is 4.89. The number of imidazole rings is 1. The van der Waals surface area contributed by atoms with Crippen LogP contribution in [-0.4, -0.2) is 19.8 Å². The lowest BCUT2D eigenvalue weighted by Crippen LogP contribution is -1.99. The monoisotopic (exact) mass is 286 g/mol.